The van der Waals surface area contributed by atoms with Gasteiger partial charge in [0.15, 0.2) is 0 Å². The third kappa shape index (κ3) is 4.18. The van der Waals surface area contributed by atoms with E-state index in [-0.39, 0.29) is 5.56 Å². The molecule has 0 fully saturated rings. The zero-order valence-electron chi connectivity index (χ0n) is 16.2. The summed E-state index contributed by atoms with van der Waals surface area (Å²) < 4.78 is 1.31. The Balaban J connectivity index is 1.88. The molecule has 4 rings (SSSR count). The van der Waals surface area contributed by atoms with Crippen LogP contribution in [0, 0.1) is 0 Å². The van der Waals surface area contributed by atoms with Crippen LogP contribution < -0.4 is 5.56 Å². The lowest BCUT2D eigenvalue weighted by Crippen LogP contribution is -2.23. The normalized spacial score (nSPS) is 12.0. The largest absolute Gasteiger partial charge is 0.282 e. The van der Waals surface area contributed by atoms with Crippen LogP contribution in [-0.4, -0.2) is 15.5 Å². The number of aromatic nitrogens is 2. The number of halogens is 1. The van der Waals surface area contributed by atoms with E-state index in [1.165, 1.54) is 4.68 Å². The Bertz CT molecular complexity index is 1290. The quantitative estimate of drug-likeness (QED) is 0.247. The van der Waals surface area contributed by atoms with Crippen molar-refractivity contribution in [2.45, 2.75) is 13.3 Å². The van der Waals surface area contributed by atoms with E-state index in [9.17, 15) is 4.79 Å². The summed E-state index contributed by atoms with van der Waals surface area (Å²) in [5, 5.41) is 14.3. The maximum atomic E-state index is 13.1. The number of hydrogen-bond donors (Lipinski definition) is 0. The Morgan fingerprint density at radius 1 is 0.967 bits per heavy atom. The van der Waals surface area contributed by atoms with Crippen LogP contribution in [0.4, 0.5) is 5.69 Å². The molecule has 6 nitrogen and oxygen atoms in total. The standard InChI is InChI=1S/C23H18ClN5O/c1-2-21-25-20-11-7-6-10-19(20)23(30)29(21)28-22(16-8-4-3-5-9-16)27-26-18-14-12-17(24)13-15-18/h3-15H,2H2,1H3/b27-26?,28-22+. The number of hydrogen-bond acceptors (Lipinski definition) is 4. The lowest BCUT2D eigenvalue weighted by Gasteiger charge is -2.09. The van der Waals surface area contributed by atoms with Crippen molar-refractivity contribution in [3.8, 4) is 0 Å². The fourth-order valence-electron chi connectivity index (χ4n) is 2.93. The zero-order chi connectivity index (χ0) is 20.9. The van der Waals surface area contributed by atoms with E-state index in [1.54, 1.807) is 30.3 Å². The number of benzene rings is 3. The van der Waals surface area contributed by atoms with Crippen molar-refractivity contribution in [2.24, 2.45) is 15.3 Å². The summed E-state index contributed by atoms with van der Waals surface area (Å²) >= 11 is 5.94. The van der Waals surface area contributed by atoms with E-state index < -0.39 is 0 Å². The average Bonchev–Trinajstić information content (AvgIpc) is 2.79. The Hall–Kier alpha value is -3.64. The van der Waals surface area contributed by atoms with Crippen molar-refractivity contribution in [3.63, 3.8) is 0 Å². The molecule has 0 aliphatic heterocycles. The van der Waals surface area contributed by atoms with Crippen LogP contribution in [-0.2, 0) is 6.42 Å². The molecule has 0 atom stereocenters. The fraction of sp³-hybridized carbons (Fsp3) is 0.0870. The van der Waals surface area contributed by atoms with E-state index in [1.807, 2.05) is 55.5 Å². The minimum atomic E-state index is -0.243. The Morgan fingerprint density at radius 3 is 2.40 bits per heavy atom. The Morgan fingerprint density at radius 2 is 1.67 bits per heavy atom. The summed E-state index contributed by atoms with van der Waals surface area (Å²) in [6, 6.07) is 23.6. The summed E-state index contributed by atoms with van der Waals surface area (Å²) in [6.07, 6.45) is 0.542. The second kappa shape index (κ2) is 8.80. The van der Waals surface area contributed by atoms with Gasteiger partial charge >= 0.3 is 0 Å². The highest BCUT2D eigenvalue weighted by molar-refractivity contribution is 6.30. The van der Waals surface area contributed by atoms with Crippen LogP contribution in [0.15, 0.2) is 99.0 Å². The maximum absolute atomic E-state index is 13.1. The second-order valence-corrected chi connectivity index (χ2v) is 6.92. The van der Waals surface area contributed by atoms with Crippen molar-refractivity contribution >= 4 is 34.0 Å². The lowest BCUT2D eigenvalue weighted by molar-refractivity contribution is 0.729. The first-order valence-electron chi connectivity index (χ1n) is 9.48. The van der Waals surface area contributed by atoms with Crippen LogP contribution in [0.5, 0.6) is 0 Å². The monoisotopic (exact) mass is 415 g/mol. The fourth-order valence-corrected chi connectivity index (χ4v) is 3.06. The first kappa shape index (κ1) is 19.7. The summed E-state index contributed by atoms with van der Waals surface area (Å²) in [4.78, 5) is 17.7. The van der Waals surface area contributed by atoms with Gasteiger partial charge in [0.05, 0.1) is 16.6 Å². The summed E-state index contributed by atoms with van der Waals surface area (Å²) in [6.45, 7) is 1.93. The summed E-state index contributed by atoms with van der Waals surface area (Å²) in [7, 11) is 0. The van der Waals surface area contributed by atoms with E-state index in [0.717, 1.165) is 5.56 Å². The molecule has 0 aliphatic rings. The smallest absolute Gasteiger partial charge is 0.267 e. The molecule has 148 valence electrons. The number of fused-ring (bicyclic) bond motifs is 1. The molecule has 0 bridgehead atoms. The van der Waals surface area contributed by atoms with Gasteiger partial charge in [0.25, 0.3) is 5.56 Å². The number of aryl methyl sites for hydroxylation is 1. The SMILES string of the molecule is CCc1nc2ccccc2c(=O)n1/N=C(/N=Nc1ccc(Cl)cc1)c1ccccc1. The van der Waals surface area contributed by atoms with Crippen molar-refractivity contribution in [1.29, 1.82) is 0 Å². The van der Waals surface area contributed by atoms with Gasteiger partial charge in [-0.1, -0.05) is 61.0 Å². The van der Waals surface area contributed by atoms with Gasteiger partial charge in [-0.3, -0.25) is 4.79 Å². The van der Waals surface area contributed by atoms with E-state index in [2.05, 4.69) is 20.3 Å². The average molecular weight is 416 g/mol. The lowest BCUT2D eigenvalue weighted by atomic mass is 10.2. The van der Waals surface area contributed by atoms with Crippen LogP contribution in [0.25, 0.3) is 10.9 Å². The molecule has 0 saturated carbocycles. The van der Waals surface area contributed by atoms with Crippen molar-refractivity contribution in [3.05, 3.63) is 106 Å². The van der Waals surface area contributed by atoms with Crippen molar-refractivity contribution < 1.29 is 0 Å². The first-order chi connectivity index (χ1) is 14.7. The Kier molecular flexibility index (Phi) is 5.77. The molecule has 0 spiro atoms. The minimum absolute atomic E-state index is 0.243. The molecule has 1 aromatic heterocycles. The second-order valence-electron chi connectivity index (χ2n) is 6.48. The molecule has 4 aromatic rings. The van der Waals surface area contributed by atoms with Gasteiger partial charge in [0, 0.05) is 17.0 Å². The van der Waals surface area contributed by atoms with Crippen LogP contribution >= 0.6 is 11.6 Å². The first-order valence-corrected chi connectivity index (χ1v) is 9.86. The van der Waals surface area contributed by atoms with Gasteiger partial charge in [-0.05, 0) is 36.4 Å². The van der Waals surface area contributed by atoms with Gasteiger partial charge in [-0.25, -0.2) is 4.98 Å². The van der Waals surface area contributed by atoms with Crippen LogP contribution in [0.2, 0.25) is 5.02 Å². The molecule has 0 saturated heterocycles. The van der Waals surface area contributed by atoms with Crippen molar-refractivity contribution in [1.82, 2.24) is 9.66 Å². The third-order valence-electron chi connectivity index (χ3n) is 4.45. The molecule has 1 heterocycles. The van der Waals surface area contributed by atoms with Gasteiger partial charge in [0.1, 0.15) is 5.82 Å². The predicted octanol–water partition coefficient (Wildman–Crippen LogP) is 5.61. The molecular weight excluding hydrogens is 398 g/mol. The zero-order valence-corrected chi connectivity index (χ0v) is 17.0. The third-order valence-corrected chi connectivity index (χ3v) is 4.70. The number of nitrogens with zero attached hydrogens (tertiary/aromatic N) is 5. The topological polar surface area (TPSA) is 72.0 Å². The van der Waals surface area contributed by atoms with Crippen LogP contribution in [0.1, 0.15) is 18.3 Å². The molecule has 0 aliphatic carbocycles. The van der Waals surface area contributed by atoms with E-state index in [4.69, 9.17) is 11.6 Å². The number of rotatable bonds is 4. The summed E-state index contributed by atoms with van der Waals surface area (Å²) in [5.41, 5.74) is 1.77. The van der Waals surface area contributed by atoms with E-state index in [0.29, 0.717) is 39.7 Å². The molecule has 7 heteroatoms. The molecule has 0 unspecified atom stereocenters. The highest BCUT2D eigenvalue weighted by Crippen LogP contribution is 2.17. The minimum Gasteiger partial charge on any atom is -0.267 e. The molecule has 0 radical (unpaired) electrons. The predicted molar refractivity (Wildman–Crippen MR) is 120 cm³/mol. The highest BCUT2D eigenvalue weighted by atomic mass is 35.5. The molecule has 3 aromatic carbocycles. The maximum Gasteiger partial charge on any atom is 0.282 e. The summed E-state index contributed by atoms with van der Waals surface area (Å²) in [5.74, 6) is 0.855. The van der Waals surface area contributed by atoms with Gasteiger partial charge < -0.3 is 0 Å². The highest BCUT2D eigenvalue weighted by Gasteiger charge is 2.11. The van der Waals surface area contributed by atoms with Crippen LogP contribution in [0.3, 0.4) is 0 Å². The van der Waals surface area contributed by atoms with Crippen molar-refractivity contribution in [2.75, 3.05) is 0 Å². The number of azo groups is 1. The van der Waals surface area contributed by atoms with E-state index >= 15 is 0 Å². The molecule has 30 heavy (non-hydrogen) atoms. The Labute approximate surface area is 178 Å². The number of amidine groups is 1. The molecule has 0 amide bonds. The van der Waals surface area contributed by atoms with Gasteiger partial charge in [0.2, 0.25) is 5.84 Å². The molecule has 0 N–H and O–H groups in total. The van der Waals surface area contributed by atoms with Gasteiger partial charge in [-0.15, -0.1) is 15.3 Å². The van der Waals surface area contributed by atoms with Gasteiger partial charge in [-0.2, -0.15) is 4.68 Å². The number of para-hydroxylation sites is 1. The molecular formula is C23H18ClN5O.